The quantitative estimate of drug-likeness (QED) is 0.568. The fourth-order valence-corrected chi connectivity index (χ4v) is 3.88. The van der Waals surface area contributed by atoms with Gasteiger partial charge in [-0.3, -0.25) is 10.0 Å². The molecule has 1 aliphatic heterocycles. The Morgan fingerprint density at radius 2 is 1.32 bits per heavy atom. The van der Waals surface area contributed by atoms with E-state index in [1.54, 1.807) is 0 Å². The number of rotatable bonds is 4. The average molecular weight is 344 g/mol. The van der Waals surface area contributed by atoms with Gasteiger partial charge in [0.05, 0.1) is 22.9 Å². The first kappa shape index (κ1) is 15.9. The standard InChI is InChI=1S/C22H20N2S/c1-18-12-14-19(15-13-18)22-16-25-17-23(22)24(20-8-4-2-5-9-20)21-10-6-3-7-11-21/h2-16H,17H2,1H3. The molecule has 1 aliphatic rings. The van der Waals surface area contributed by atoms with Crippen LogP contribution in [0.2, 0.25) is 0 Å². The van der Waals surface area contributed by atoms with Crippen molar-refractivity contribution in [1.29, 1.82) is 0 Å². The Morgan fingerprint density at radius 3 is 1.88 bits per heavy atom. The van der Waals surface area contributed by atoms with Gasteiger partial charge >= 0.3 is 0 Å². The molecule has 25 heavy (non-hydrogen) atoms. The summed E-state index contributed by atoms with van der Waals surface area (Å²) in [4.78, 5) is 0. The maximum Gasteiger partial charge on any atom is 0.0896 e. The lowest BCUT2D eigenvalue weighted by Crippen LogP contribution is -2.36. The maximum atomic E-state index is 2.35. The molecule has 4 rings (SSSR count). The first-order valence-electron chi connectivity index (χ1n) is 8.39. The third-order valence-corrected chi connectivity index (χ3v) is 5.04. The number of para-hydroxylation sites is 2. The Kier molecular flexibility index (Phi) is 4.49. The highest BCUT2D eigenvalue weighted by molar-refractivity contribution is 8.02. The number of hydrazine groups is 1. The van der Waals surface area contributed by atoms with Crippen LogP contribution >= 0.6 is 11.8 Å². The van der Waals surface area contributed by atoms with Crippen LogP contribution in [0.5, 0.6) is 0 Å². The molecule has 124 valence electrons. The SMILES string of the molecule is Cc1ccc(C2=CSCN2N(c2ccccc2)c2ccccc2)cc1. The third-order valence-electron chi connectivity index (χ3n) is 4.26. The van der Waals surface area contributed by atoms with Gasteiger partial charge in [-0.15, -0.1) is 11.8 Å². The molecule has 0 unspecified atom stereocenters. The van der Waals surface area contributed by atoms with Crippen LogP contribution in [0.4, 0.5) is 11.4 Å². The summed E-state index contributed by atoms with van der Waals surface area (Å²) in [5.74, 6) is 0.896. The van der Waals surface area contributed by atoms with E-state index in [4.69, 9.17) is 0 Å². The minimum Gasteiger partial charge on any atom is -0.269 e. The third kappa shape index (κ3) is 3.28. The number of benzene rings is 3. The van der Waals surface area contributed by atoms with Crippen molar-refractivity contribution in [3.8, 4) is 0 Å². The smallest absolute Gasteiger partial charge is 0.0896 e. The zero-order valence-corrected chi connectivity index (χ0v) is 15.0. The van der Waals surface area contributed by atoms with E-state index in [1.165, 1.54) is 16.8 Å². The van der Waals surface area contributed by atoms with Crippen molar-refractivity contribution < 1.29 is 0 Å². The topological polar surface area (TPSA) is 6.48 Å². The molecule has 2 nitrogen and oxygen atoms in total. The van der Waals surface area contributed by atoms with Gasteiger partial charge in [0.2, 0.25) is 0 Å². The fourth-order valence-electron chi connectivity index (χ4n) is 2.99. The van der Waals surface area contributed by atoms with E-state index in [2.05, 4.69) is 107 Å². The number of anilines is 2. The van der Waals surface area contributed by atoms with E-state index in [1.807, 2.05) is 11.8 Å². The molecule has 3 aromatic rings. The van der Waals surface area contributed by atoms with Gasteiger partial charge in [-0.1, -0.05) is 66.2 Å². The number of hydrogen-bond acceptors (Lipinski definition) is 3. The van der Waals surface area contributed by atoms with Crippen LogP contribution in [-0.4, -0.2) is 10.9 Å². The van der Waals surface area contributed by atoms with Gasteiger partial charge in [-0.05, 0) is 36.6 Å². The van der Waals surface area contributed by atoms with Gasteiger partial charge in [0.25, 0.3) is 0 Å². The molecule has 0 atom stereocenters. The monoisotopic (exact) mass is 344 g/mol. The number of hydrogen-bond donors (Lipinski definition) is 0. The van der Waals surface area contributed by atoms with Gasteiger partial charge in [0.15, 0.2) is 0 Å². The van der Waals surface area contributed by atoms with E-state index in [9.17, 15) is 0 Å². The van der Waals surface area contributed by atoms with Crippen molar-refractivity contribution in [3.05, 3.63) is 101 Å². The minimum absolute atomic E-state index is 0.896. The molecule has 3 heteroatoms. The highest BCUT2D eigenvalue weighted by Crippen LogP contribution is 2.38. The summed E-state index contributed by atoms with van der Waals surface area (Å²) in [5.41, 5.74) is 6.08. The molecular weight excluding hydrogens is 324 g/mol. The normalized spacial score (nSPS) is 13.6. The van der Waals surface area contributed by atoms with Crippen molar-refractivity contribution in [2.24, 2.45) is 0 Å². The second-order valence-corrected chi connectivity index (χ2v) is 6.87. The largest absolute Gasteiger partial charge is 0.269 e. The molecule has 0 amide bonds. The summed E-state index contributed by atoms with van der Waals surface area (Å²) in [6.07, 6.45) is 0. The zero-order valence-electron chi connectivity index (χ0n) is 14.2. The van der Waals surface area contributed by atoms with E-state index in [-0.39, 0.29) is 0 Å². The Bertz CT molecular complexity index is 818. The lowest BCUT2D eigenvalue weighted by Gasteiger charge is -2.36. The molecule has 0 saturated heterocycles. The van der Waals surface area contributed by atoms with Crippen LogP contribution in [0.15, 0.2) is 90.3 Å². The van der Waals surface area contributed by atoms with Crippen molar-refractivity contribution in [2.75, 3.05) is 10.9 Å². The van der Waals surface area contributed by atoms with Gasteiger partial charge in [-0.2, -0.15) is 0 Å². The lowest BCUT2D eigenvalue weighted by molar-refractivity contribution is 0.480. The van der Waals surface area contributed by atoms with E-state index < -0.39 is 0 Å². The maximum absolute atomic E-state index is 2.35. The lowest BCUT2D eigenvalue weighted by atomic mass is 10.1. The summed E-state index contributed by atoms with van der Waals surface area (Å²) in [6, 6.07) is 29.8. The molecule has 0 N–H and O–H groups in total. The van der Waals surface area contributed by atoms with Crippen LogP contribution in [0.3, 0.4) is 0 Å². The van der Waals surface area contributed by atoms with E-state index >= 15 is 0 Å². The Morgan fingerprint density at radius 1 is 0.760 bits per heavy atom. The highest BCUT2D eigenvalue weighted by atomic mass is 32.2. The van der Waals surface area contributed by atoms with Crippen molar-refractivity contribution >= 4 is 28.8 Å². The van der Waals surface area contributed by atoms with Crippen molar-refractivity contribution in [1.82, 2.24) is 5.01 Å². The van der Waals surface area contributed by atoms with Crippen molar-refractivity contribution in [3.63, 3.8) is 0 Å². The first-order valence-corrected chi connectivity index (χ1v) is 9.44. The Labute approximate surface area is 153 Å². The van der Waals surface area contributed by atoms with Gasteiger partial charge in [0.1, 0.15) is 0 Å². The molecule has 0 saturated carbocycles. The predicted molar refractivity (Wildman–Crippen MR) is 108 cm³/mol. The summed E-state index contributed by atoms with van der Waals surface area (Å²) in [6.45, 7) is 2.12. The molecular formula is C22H20N2S. The van der Waals surface area contributed by atoms with Gasteiger partial charge in [-0.25, -0.2) is 0 Å². The van der Waals surface area contributed by atoms with Crippen LogP contribution in [0.25, 0.3) is 5.70 Å². The number of thioether (sulfide) groups is 1. The highest BCUT2D eigenvalue weighted by Gasteiger charge is 2.25. The zero-order chi connectivity index (χ0) is 17.1. The van der Waals surface area contributed by atoms with Crippen LogP contribution < -0.4 is 5.01 Å². The Balaban J connectivity index is 1.77. The molecule has 0 spiro atoms. The molecule has 0 bridgehead atoms. The van der Waals surface area contributed by atoms with Crippen LogP contribution in [0.1, 0.15) is 11.1 Å². The first-order chi connectivity index (χ1) is 12.3. The summed E-state index contributed by atoms with van der Waals surface area (Å²) in [7, 11) is 0. The summed E-state index contributed by atoms with van der Waals surface area (Å²) < 4.78 is 0. The predicted octanol–water partition coefficient (Wildman–Crippen LogP) is 6.05. The second kappa shape index (κ2) is 7.08. The summed E-state index contributed by atoms with van der Waals surface area (Å²) >= 11 is 1.83. The number of aryl methyl sites for hydroxylation is 1. The van der Waals surface area contributed by atoms with Crippen LogP contribution in [-0.2, 0) is 0 Å². The van der Waals surface area contributed by atoms with E-state index in [0.29, 0.717) is 0 Å². The van der Waals surface area contributed by atoms with Gasteiger partial charge in [0, 0.05) is 5.56 Å². The average Bonchev–Trinajstić information content (AvgIpc) is 3.14. The second-order valence-electron chi connectivity index (χ2n) is 6.05. The van der Waals surface area contributed by atoms with Gasteiger partial charge < -0.3 is 0 Å². The molecule has 0 aromatic heterocycles. The molecule has 0 radical (unpaired) electrons. The summed E-state index contributed by atoms with van der Waals surface area (Å²) in [5, 5.41) is 6.90. The molecule has 1 heterocycles. The molecule has 0 fully saturated rings. The molecule has 3 aromatic carbocycles. The minimum atomic E-state index is 0.896. The molecule has 0 aliphatic carbocycles. The van der Waals surface area contributed by atoms with Crippen LogP contribution in [0, 0.1) is 6.92 Å². The van der Waals surface area contributed by atoms with Crippen molar-refractivity contribution in [2.45, 2.75) is 6.92 Å². The van der Waals surface area contributed by atoms with E-state index in [0.717, 1.165) is 17.3 Å². The fraction of sp³-hybridized carbons (Fsp3) is 0.0909. The Hall–Kier alpha value is -2.65. The number of nitrogens with zero attached hydrogens (tertiary/aromatic N) is 2.